The molecule has 0 radical (unpaired) electrons. The van der Waals surface area contributed by atoms with Gasteiger partial charge in [-0.3, -0.25) is 4.98 Å². The van der Waals surface area contributed by atoms with Gasteiger partial charge in [0.05, 0.1) is 5.69 Å². The molecule has 1 fully saturated rings. The molecular formula is C30H46FN5O. The van der Waals surface area contributed by atoms with Crippen LogP contribution in [-0.2, 0) is 17.6 Å². The number of aromatic nitrogens is 3. The minimum absolute atomic E-state index is 0.148. The van der Waals surface area contributed by atoms with Gasteiger partial charge in [-0.05, 0) is 58.6 Å². The maximum atomic E-state index is 13.5. The van der Waals surface area contributed by atoms with E-state index < -0.39 is 0 Å². The number of imidazole rings is 1. The molecule has 0 amide bonds. The van der Waals surface area contributed by atoms with Crippen LogP contribution in [-0.4, -0.2) is 45.8 Å². The van der Waals surface area contributed by atoms with Gasteiger partial charge in [0.2, 0.25) is 0 Å². The molecule has 4 rings (SSSR count). The van der Waals surface area contributed by atoms with E-state index in [1.165, 1.54) is 29.4 Å². The van der Waals surface area contributed by atoms with Gasteiger partial charge >= 0.3 is 0 Å². The predicted octanol–water partition coefficient (Wildman–Crippen LogP) is 6.25. The van der Waals surface area contributed by atoms with Crippen molar-refractivity contribution < 1.29 is 9.18 Å². The Morgan fingerprint density at radius 1 is 1.14 bits per heavy atom. The number of hydrogen-bond donors (Lipinski definition) is 1. The van der Waals surface area contributed by atoms with Crippen molar-refractivity contribution in [1.29, 1.82) is 0 Å². The van der Waals surface area contributed by atoms with Crippen molar-refractivity contribution in [2.24, 2.45) is 0 Å². The zero-order valence-electron chi connectivity index (χ0n) is 23.9. The molecule has 1 unspecified atom stereocenters. The average molecular weight is 512 g/mol. The van der Waals surface area contributed by atoms with Gasteiger partial charge < -0.3 is 19.4 Å². The molecule has 0 bridgehead atoms. The molecule has 3 aromatic heterocycles. The maximum Gasteiger partial charge on any atom is 0.139 e. The van der Waals surface area contributed by atoms with Crippen molar-refractivity contribution in [2.75, 3.05) is 24.5 Å². The molecular weight excluding hydrogens is 465 g/mol. The van der Waals surface area contributed by atoms with Crippen molar-refractivity contribution in [3.05, 3.63) is 59.1 Å². The number of pyridine rings is 2. The van der Waals surface area contributed by atoms with Crippen LogP contribution in [0.5, 0.6) is 0 Å². The monoisotopic (exact) mass is 511 g/mol. The van der Waals surface area contributed by atoms with Crippen LogP contribution < -0.4 is 10.2 Å². The molecule has 1 aliphatic rings. The molecule has 0 aliphatic carbocycles. The highest BCUT2D eigenvalue weighted by atomic mass is 19.1. The number of carbonyl (C=O) groups excluding carboxylic acids is 1. The third-order valence-corrected chi connectivity index (χ3v) is 6.32. The molecule has 7 heteroatoms. The first-order valence-electron chi connectivity index (χ1n) is 13.8. The second-order valence-corrected chi connectivity index (χ2v) is 9.94. The number of hydrogen-bond acceptors (Lipinski definition) is 5. The van der Waals surface area contributed by atoms with Crippen LogP contribution in [0.15, 0.2) is 30.7 Å². The minimum Gasteiger partial charge on any atom is -0.368 e. The minimum atomic E-state index is -0.148. The largest absolute Gasteiger partial charge is 0.368 e. The van der Waals surface area contributed by atoms with Gasteiger partial charge in [0.15, 0.2) is 0 Å². The molecule has 0 aromatic carbocycles. The molecule has 6 nitrogen and oxygen atoms in total. The Hall–Kier alpha value is -2.80. The molecule has 0 saturated carbocycles. The quantitative estimate of drug-likeness (QED) is 0.406. The summed E-state index contributed by atoms with van der Waals surface area (Å²) < 4.78 is 15.3. The molecule has 37 heavy (non-hydrogen) atoms. The summed E-state index contributed by atoms with van der Waals surface area (Å²) >= 11 is 0. The normalized spacial score (nSPS) is 15.0. The first kappa shape index (κ1) is 30.4. The van der Waals surface area contributed by atoms with Crippen LogP contribution in [0.4, 0.5) is 10.1 Å². The summed E-state index contributed by atoms with van der Waals surface area (Å²) in [5, 5.41) is 3.49. The summed E-state index contributed by atoms with van der Waals surface area (Å²) in [6.07, 6.45) is 11.4. The van der Waals surface area contributed by atoms with E-state index in [1.54, 1.807) is 6.92 Å². The van der Waals surface area contributed by atoms with Crippen molar-refractivity contribution in [3.8, 4) is 0 Å². The highest BCUT2D eigenvalue weighted by Crippen LogP contribution is 2.24. The fraction of sp³-hybridized carbons (Fsp3) is 0.567. The number of rotatable bonds is 7. The van der Waals surface area contributed by atoms with Crippen molar-refractivity contribution in [1.82, 2.24) is 19.7 Å². The van der Waals surface area contributed by atoms with E-state index >= 15 is 0 Å². The number of ketones is 1. The summed E-state index contributed by atoms with van der Waals surface area (Å²) in [5.41, 5.74) is 6.38. The molecule has 0 spiro atoms. The average Bonchev–Trinajstić information content (AvgIpc) is 3.20. The molecule has 204 valence electrons. The Labute approximate surface area is 222 Å². The van der Waals surface area contributed by atoms with Crippen LogP contribution in [0.2, 0.25) is 0 Å². The van der Waals surface area contributed by atoms with Crippen molar-refractivity contribution in [2.45, 2.75) is 93.0 Å². The lowest BCUT2D eigenvalue weighted by atomic mass is 10.0. The van der Waals surface area contributed by atoms with Crippen LogP contribution >= 0.6 is 0 Å². The van der Waals surface area contributed by atoms with E-state index in [0.717, 1.165) is 63.0 Å². The summed E-state index contributed by atoms with van der Waals surface area (Å²) in [5.74, 6) is 0.141. The zero-order chi connectivity index (χ0) is 27.4. The second kappa shape index (κ2) is 15.5. The Balaban J connectivity index is 0.000000217. The highest BCUT2D eigenvalue weighted by molar-refractivity contribution is 5.75. The zero-order valence-corrected chi connectivity index (χ0v) is 23.9. The van der Waals surface area contributed by atoms with Crippen molar-refractivity contribution >= 4 is 17.1 Å². The number of Topliss-reactive ketones (excluding diaryl/α,β-unsaturated/α-hetero) is 1. The first-order valence-corrected chi connectivity index (χ1v) is 13.8. The second-order valence-electron chi connectivity index (χ2n) is 9.94. The first-order chi connectivity index (χ1) is 17.7. The van der Waals surface area contributed by atoms with E-state index in [9.17, 15) is 9.18 Å². The predicted molar refractivity (Wildman–Crippen MR) is 152 cm³/mol. The Morgan fingerprint density at radius 3 is 2.46 bits per heavy atom. The summed E-state index contributed by atoms with van der Waals surface area (Å²) in [7, 11) is 0. The van der Waals surface area contributed by atoms with E-state index in [1.807, 2.05) is 43.8 Å². The van der Waals surface area contributed by atoms with E-state index in [0.29, 0.717) is 11.7 Å². The van der Waals surface area contributed by atoms with E-state index in [-0.39, 0.29) is 11.6 Å². The highest BCUT2D eigenvalue weighted by Gasteiger charge is 2.19. The number of halogens is 1. The van der Waals surface area contributed by atoms with Crippen LogP contribution in [0, 0.1) is 19.7 Å². The Kier molecular flexibility index (Phi) is 12.7. The smallest absolute Gasteiger partial charge is 0.139 e. The van der Waals surface area contributed by atoms with Gasteiger partial charge in [-0.2, -0.15) is 0 Å². The lowest BCUT2D eigenvalue weighted by Gasteiger charge is -2.35. The van der Waals surface area contributed by atoms with Gasteiger partial charge in [-0.1, -0.05) is 33.6 Å². The molecule has 4 heterocycles. The fourth-order valence-electron chi connectivity index (χ4n) is 4.58. The number of aryl methyl sites for hydroxylation is 3. The third kappa shape index (κ3) is 9.54. The fourth-order valence-corrected chi connectivity index (χ4v) is 4.58. The summed E-state index contributed by atoms with van der Waals surface area (Å²) in [4.78, 5) is 21.2. The van der Waals surface area contributed by atoms with Gasteiger partial charge in [0.1, 0.15) is 17.2 Å². The lowest BCUT2D eigenvalue weighted by molar-refractivity contribution is -0.117. The third-order valence-electron chi connectivity index (χ3n) is 6.32. The number of carbonyl (C=O) groups is 1. The van der Waals surface area contributed by atoms with E-state index in [4.69, 9.17) is 0 Å². The molecule has 1 aliphatic heterocycles. The number of fused-ring (bicyclic) bond motifs is 1. The number of anilines is 1. The molecule has 1 N–H and O–H groups in total. The number of nitrogens with one attached hydrogen (secondary N) is 1. The maximum absolute atomic E-state index is 13.5. The van der Waals surface area contributed by atoms with Gasteiger partial charge in [0.25, 0.3) is 0 Å². The SMILES string of the molecule is CCCC(C)=O.CCCc1c(N2CCNC(C)C2)ccnc1C.CCCc1cn2cc(C)nc2cc1F. The summed E-state index contributed by atoms with van der Waals surface area (Å²) in [6, 6.07) is 4.25. The van der Waals surface area contributed by atoms with Gasteiger partial charge in [0, 0.05) is 73.7 Å². The molecule has 1 atom stereocenters. The summed E-state index contributed by atoms with van der Waals surface area (Å²) in [6.45, 7) is 17.5. The van der Waals surface area contributed by atoms with Crippen molar-refractivity contribution in [3.63, 3.8) is 0 Å². The number of piperazine rings is 1. The molecule has 1 saturated heterocycles. The van der Waals surface area contributed by atoms with E-state index in [2.05, 4.69) is 47.0 Å². The Bertz CT molecular complexity index is 1130. The Morgan fingerprint density at radius 2 is 1.86 bits per heavy atom. The molecule has 3 aromatic rings. The number of nitrogens with zero attached hydrogens (tertiary/aromatic N) is 4. The topological polar surface area (TPSA) is 62.5 Å². The van der Waals surface area contributed by atoms with Gasteiger partial charge in [-0.15, -0.1) is 0 Å². The lowest BCUT2D eigenvalue weighted by Crippen LogP contribution is -2.49. The van der Waals surface area contributed by atoms with Crippen LogP contribution in [0.25, 0.3) is 5.65 Å². The van der Waals surface area contributed by atoms with Crippen LogP contribution in [0.1, 0.15) is 82.8 Å². The standard InChI is InChI=1S/C14H23N3.C11H13FN2.C5H10O/c1-4-5-13-12(3)16-7-6-14(13)17-9-8-15-11(2)10-17;1-3-4-9-7-14-6-8(2)13-11(14)5-10(9)12;1-3-4-5(2)6/h6-7,11,15H,4-5,8-10H2,1-3H3;5-7H,3-4H2,1-2H3;3-4H2,1-2H3. The van der Waals surface area contributed by atoms with Crippen LogP contribution in [0.3, 0.4) is 0 Å². The van der Waals surface area contributed by atoms with Gasteiger partial charge in [-0.25, -0.2) is 9.37 Å².